The Balaban J connectivity index is 2.15. The van der Waals surface area contributed by atoms with Crippen molar-refractivity contribution < 1.29 is 9.53 Å². The molecule has 2 rings (SSSR count). The summed E-state index contributed by atoms with van der Waals surface area (Å²) in [4.78, 5) is 15.2. The maximum atomic E-state index is 11.0. The maximum Gasteiger partial charge on any atom is 0.407 e. The van der Waals surface area contributed by atoms with Gasteiger partial charge in [-0.3, -0.25) is 0 Å². The Labute approximate surface area is 99.0 Å². The summed E-state index contributed by atoms with van der Waals surface area (Å²) in [7, 11) is 1.33. The molecule has 1 heterocycles. The lowest BCUT2D eigenvalue weighted by Gasteiger charge is -2.08. The van der Waals surface area contributed by atoms with Gasteiger partial charge in [-0.2, -0.15) is 0 Å². The van der Waals surface area contributed by atoms with Gasteiger partial charge in [-0.15, -0.1) is 0 Å². The highest BCUT2D eigenvalue weighted by atomic mass is 16.5. The van der Waals surface area contributed by atoms with Crippen molar-refractivity contribution in [2.75, 3.05) is 7.11 Å². The SMILES string of the molecule is COC(=O)NCc1nccn1-c1ccccc1. The van der Waals surface area contributed by atoms with Crippen molar-refractivity contribution in [2.24, 2.45) is 0 Å². The Morgan fingerprint density at radius 2 is 2.18 bits per heavy atom. The number of alkyl carbamates (subject to hydrolysis) is 1. The van der Waals surface area contributed by atoms with E-state index in [9.17, 15) is 4.79 Å². The summed E-state index contributed by atoms with van der Waals surface area (Å²) in [6.45, 7) is 0.328. The Bertz CT molecular complexity index is 493. The van der Waals surface area contributed by atoms with Crippen LogP contribution in [0.2, 0.25) is 0 Å². The van der Waals surface area contributed by atoms with E-state index in [4.69, 9.17) is 0 Å². The molecule has 5 nitrogen and oxygen atoms in total. The van der Waals surface area contributed by atoms with Gasteiger partial charge in [-0.05, 0) is 12.1 Å². The number of amides is 1. The minimum absolute atomic E-state index is 0.328. The van der Waals surface area contributed by atoms with E-state index >= 15 is 0 Å². The highest BCUT2D eigenvalue weighted by Gasteiger charge is 2.06. The lowest BCUT2D eigenvalue weighted by atomic mass is 10.3. The Kier molecular flexibility index (Phi) is 3.40. The van der Waals surface area contributed by atoms with Gasteiger partial charge in [0, 0.05) is 18.1 Å². The zero-order valence-corrected chi connectivity index (χ0v) is 9.46. The van der Waals surface area contributed by atoms with Crippen LogP contribution in [-0.2, 0) is 11.3 Å². The van der Waals surface area contributed by atoms with Crippen molar-refractivity contribution in [3.63, 3.8) is 0 Å². The number of imidazole rings is 1. The van der Waals surface area contributed by atoms with Crippen molar-refractivity contribution in [3.05, 3.63) is 48.5 Å². The van der Waals surface area contributed by atoms with Crippen LogP contribution < -0.4 is 5.32 Å². The van der Waals surface area contributed by atoms with E-state index in [1.807, 2.05) is 41.1 Å². The first-order chi connectivity index (χ1) is 8.31. The van der Waals surface area contributed by atoms with E-state index in [0.29, 0.717) is 6.54 Å². The van der Waals surface area contributed by atoms with Gasteiger partial charge in [-0.25, -0.2) is 9.78 Å². The van der Waals surface area contributed by atoms with Gasteiger partial charge in [0.1, 0.15) is 5.82 Å². The van der Waals surface area contributed by atoms with Gasteiger partial charge in [0.15, 0.2) is 0 Å². The van der Waals surface area contributed by atoms with Gasteiger partial charge < -0.3 is 14.6 Å². The fraction of sp³-hybridized carbons (Fsp3) is 0.167. The van der Waals surface area contributed by atoms with Crippen molar-refractivity contribution in [1.82, 2.24) is 14.9 Å². The lowest BCUT2D eigenvalue weighted by molar-refractivity contribution is 0.170. The lowest BCUT2D eigenvalue weighted by Crippen LogP contribution is -2.24. The molecule has 1 aromatic heterocycles. The van der Waals surface area contributed by atoms with E-state index < -0.39 is 6.09 Å². The third kappa shape index (κ3) is 2.63. The Morgan fingerprint density at radius 3 is 2.88 bits per heavy atom. The Hall–Kier alpha value is -2.30. The van der Waals surface area contributed by atoms with E-state index in [0.717, 1.165) is 11.5 Å². The van der Waals surface area contributed by atoms with Crippen molar-refractivity contribution in [1.29, 1.82) is 0 Å². The second-order valence-corrected chi connectivity index (χ2v) is 3.39. The van der Waals surface area contributed by atoms with Crippen LogP contribution in [0.25, 0.3) is 5.69 Å². The molecule has 0 aliphatic heterocycles. The zero-order chi connectivity index (χ0) is 12.1. The van der Waals surface area contributed by atoms with Gasteiger partial charge >= 0.3 is 6.09 Å². The molecule has 0 saturated heterocycles. The molecule has 2 aromatic rings. The molecular formula is C12H13N3O2. The normalized spacial score (nSPS) is 9.94. The molecule has 5 heteroatoms. The number of aromatic nitrogens is 2. The average molecular weight is 231 g/mol. The highest BCUT2D eigenvalue weighted by Crippen LogP contribution is 2.09. The largest absolute Gasteiger partial charge is 0.453 e. The average Bonchev–Trinajstić information content (AvgIpc) is 2.85. The van der Waals surface area contributed by atoms with Crippen LogP contribution in [-0.4, -0.2) is 22.8 Å². The standard InChI is InChI=1S/C12H13N3O2/c1-17-12(16)14-9-11-13-7-8-15(11)10-5-3-2-4-6-10/h2-8H,9H2,1H3,(H,14,16). The van der Waals surface area contributed by atoms with Crippen molar-refractivity contribution in [2.45, 2.75) is 6.54 Å². The molecule has 0 aliphatic carbocycles. The topological polar surface area (TPSA) is 56.1 Å². The van der Waals surface area contributed by atoms with Crippen LogP contribution in [0.5, 0.6) is 0 Å². The molecule has 0 aliphatic rings. The first-order valence-electron chi connectivity index (χ1n) is 5.20. The summed E-state index contributed by atoms with van der Waals surface area (Å²) in [5, 5.41) is 2.60. The quantitative estimate of drug-likeness (QED) is 0.875. The molecule has 88 valence electrons. The number of carbonyl (C=O) groups excluding carboxylic acids is 1. The molecule has 0 atom stereocenters. The summed E-state index contributed by atoms with van der Waals surface area (Å²) in [5.41, 5.74) is 1.01. The third-order valence-electron chi connectivity index (χ3n) is 2.33. The number of rotatable bonds is 3. The summed E-state index contributed by atoms with van der Waals surface area (Å²) in [6, 6.07) is 9.80. The van der Waals surface area contributed by atoms with Crippen molar-refractivity contribution >= 4 is 6.09 Å². The second-order valence-electron chi connectivity index (χ2n) is 3.39. The molecule has 17 heavy (non-hydrogen) atoms. The van der Waals surface area contributed by atoms with E-state index in [-0.39, 0.29) is 0 Å². The monoisotopic (exact) mass is 231 g/mol. The smallest absolute Gasteiger partial charge is 0.407 e. The number of ether oxygens (including phenoxy) is 1. The number of benzene rings is 1. The number of hydrogen-bond donors (Lipinski definition) is 1. The van der Waals surface area contributed by atoms with Crippen LogP contribution in [0.1, 0.15) is 5.82 Å². The van der Waals surface area contributed by atoms with Crippen LogP contribution in [0.4, 0.5) is 4.79 Å². The number of nitrogens with one attached hydrogen (secondary N) is 1. The van der Waals surface area contributed by atoms with Crippen LogP contribution >= 0.6 is 0 Å². The van der Waals surface area contributed by atoms with E-state index in [1.165, 1.54) is 7.11 Å². The Morgan fingerprint density at radius 1 is 1.41 bits per heavy atom. The molecule has 0 spiro atoms. The fourth-order valence-electron chi connectivity index (χ4n) is 1.51. The molecule has 1 aromatic carbocycles. The van der Waals surface area contributed by atoms with Crippen LogP contribution in [0, 0.1) is 0 Å². The van der Waals surface area contributed by atoms with Crippen LogP contribution in [0.3, 0.4) is 0 Å². The third-order valence-corrected chi connectivity index (χ3v) is 2.33. The summed E-state index contributed by atoms with van der Waals surface area (Å²) >= 11 is 0. The van der Waals surface area contributed by atoms with Crippen LogP contribution in [0.15, 0.2) is 42.7 Å². The van der Waals surface area contributed by atoms with E-state index in [2.05, 4.69) is 15.0 Å². The minimum atomic E-state index is -0.465. The number of methoxy groups -OCH3 is 1. The van der Waals surface area contributed by atoms with Gasteiger partial charge in [0.25, 0.3) is 0 Å². The molecule has 0 radical (unpaired) electrons. The van der Waals surface area contributed by atoms with E-state index in [1.54, 1.807) is 6.20 Å². The fourth-order valence-corrected chi connectivity index (χ4v) is 1.51. The van der Waals surface area contributed by atoms with Gasteiger partial charge in [0.2, 0.25) is 0 Å². The molecule has 0 unspecified atom stereocenters. The zero-order valence-electron chi connectivity index (χ0n) is 9.46. The second kappa shape index (κ2) is 5.16. The molecule has 1 N–H and O–H groups in total. The van der Waals surface area contributed by atoms with Gasteiger partial charge in [0.05, 0.1) is 13.7 Å². The molecule has 1 amide bonds. The van der Waals surface area contributed by atoms with Gasteiger partial charge in [-0.1, -0.05) is 18.2 Å². The summed E-state index contributed by atoms with van der Waals surface area (Å²) < 4.78 is 6.42. The molecule has 0 saturated carbocycles. The predicted octanol–water partition coefficient (Wildman–Crippen LogP) is 1.73. The predicted molar refractivity (Wildman–Crippen MR) is 62.8 cm³/mol. The summed E-state index contributed by atoms with van der Waals surface area (Å²) in [5.74, 6) is 0.751. The molecular weight excluding hydrogens is 218 g/mol. The highest BCUT2D eigenvalue weighted by molar-refractivity contribution is 5.66. The first kappa shape index (κ1) is 11.2. The van der Waals surface area contributed by atoms with Crippen molar-refractivity contribution in [3.8, 4) is 5.69 Å². The number of hydrogen-bond acceptors (Lipinski definition) is 3. The number of para-hydroxylation sites is 1. The minimum Gasteiger partial charge on any atom is -0.453 e. The number of carbonyl (C=O) groups is 1. The first-order valence-corrected chi connectivity index (χ1v) is 5.20. The number of nitrogens with zero attached hydrogens (tertiary/aromatic N) is 2. The summed E-state index contributed by atoms with van der Waals surface area (Å²) in [6.07, 6.45) is 3.08. The maximum absolute atomic E-state index is 11.0. The molecule has 0 bridgehead atoms. The molecule has 0 fully saturated rings.